The first kappa shape index (κ1) is 17.6. The first-order valence-corrected chi connectivity index (χ1v) is 8.01. The fourth-order valence-corrected chi connectivity index (χ4v) is 2.67. The normalized spacial score (nSPS) is 11.9. The second kappa shape index (κ2) is 7.71. The molecule has 0 saturated carbocycles. The van der Waals surface area contributed by atoms with Crippen LogP contribution in [-0.4, -0.2) is 25.0 Å². The number of carbonyl (C=O) groups excluding carboxylic acids is 1. The standard InChI is InChI=1S/C18H19Cl2NO2/c1-12(13-4-6-15(19)7-5-13)21(2)18(22)11-14-10-16(20)8-9-17(14)23-3/h4-10,12H,11H2,1-3H3. The highest BCUT2D eigenvalue weighted by Crippen LogP contribution is 2.26. The molecular weight excluding hydrogens is 333 g/mol. The fourth-order valence-electron chi connectivity index (χ4n) is 2.35. The van der Waals surface area contributed by atoms with Gasteiger partial charge in [-0.15, -0.1) is 0 Å². The van der Waals surface area contributed by atoms with E-state index in [-0.39, 0.29) is 18.4 Å². The molecule has 1 atom stereocenters. The van der Waals surface area contributed by atoms with Crippen molar-refractivity contribution < 1.29 is 9.53 Å². The third-order valence-corrected chi connectivity index (χ3v) is 4.40. The molecule has 2 rings (SSSR count). The lowest BCUT2D eigenvalue weighted by molar-refractivity contribution is -0.131. The Labute approximate surface area is 146 Å². The quantitative estimate of drug-likeness (QED) is 0.776. The number of benzene rings is 2. The molecule has 2 aromatic carbocycles. The van der Waals surface area contributed by atoms with E-state index in [1.807, 2.05) is 31.2 Å². The number of hydrogen-bond acceptors (Lipinski definition) is 2. The van der Waals surface area contributed by atoms with Crippen LogP contribution in [-0.2, 0) is 11.2 Å². The van der Waals surface area contributed by atoms with Crippen molar-refractivity contribution in [2.75, 3.05) is 14.2 Å². The van der Waals surface area contributed by atoms with Gasteiger partial charge in [0, 0.05) is 22.7 Å². The fraction of sp³-hybridized carbons (Fsp3) is 0.278. The van der Waals surface area contributed by atoms with E-state index in [0.29, 0.717) is 15.8 Å². The smallest absolute Gasteiger partial charge is 0.227 e. The van der Waals surface area contributed by atoms with Crippen LogP contribution in [0.1, 0.15) is 24.1 Å². The molecule has 3 nitrogen and oxygen atoms in total. The molecule has 0 saturated heterocycles. The van der Waals surface area contributed by atoms with Crippen molar-refractivity contribution in [1.82, 2.24) is 4.90 Å². The van der Waals surface area contributed by atoms with E-state index in [0.717, 1.165) is 11.1 Å². The van der Waals surface area contributed by atoms with Crippen LogP contribution < -0.4 is 4.74 Å². The van der Waals surface area contributed by atoms with Crippen molar-refractivity contribution in [1.29, 1.82) is 0 Å². The van der Waals surface area contributed by atoms with Crippen LogP contribution in [0.25, 0.3) is 0 Å². The van der Waals surface area contributed by atoms with Crippen molar-refractivity contribution in [2.24, 2.45) is 0 Å². The number of hydrogen-bond donors (Lipinski definition) is 0. The second-order valence-electron chi connectivity index (χ2n) is 5.37. The van der Waals surface area contributed by atoms with E-state index in [2.05, 4.69) is 0 Å². The maximum Gasteiger partial charge on any atom is 0.227 e. The Hall–Kier alpha value is -1.71. The van der Waals surface area contributed by atoms with Crippen LogP contribution in [0.15, 0.2) is 42.5 Å². The summed E-state index contributed by atoms with van der Waals surface area (Å²) in [6.45, 7) is 1.98. The number of rotatable bonds is 5. The minimum absolute atomic E-state index is 0.00647. The maximum absolute atomic E-state index is 12.6. The highest BCUT2D eigenvalue weighted by Gasteiger charge is 2.19. The molecule has 0 aliphatic rings. The lowest BCUT2D eigenvalue weighted by Crippen LogP contribution is -2.31. The van der Waals surface area contributed by atoms with E-state index < -0.39 is 0 Å². The van der Waals surface area contributed by atoms with Crippen LogP contribution in [0.4, 0.5) is 0 Å². The molecule has 0 aromatic heterocycles. The summed E-state index contributed by atoms with van der Waals surface area (Å²) in [5.74, 6) is 0.656. The Morgan fingerprint density at radius 1 is 1.13 bits per heavy atom. The van der Waals surface area contributed by atoms with Gasteiger partial charge in [0.05, 0.1) is 19.6 Å². The Morgan fingerprint density at radius 2 is 1.74 bits per heavy atom. The molecule has 1 amide bonds. The zero-order valence-electron chi connectivity index (χ0n) is 13.3. The number of halogens is 2. The molecular formula is C18H19Cl2NO2. The average molecular weight is 352 g/mol. The third kappa shape index (κ3) is 4.40. The molecule has 0 aliphatic carbocycles. The number of methoxy groups -OCH3 is 1. The van der Waals surface area contributed by atoms with Crippen LogP contribution in [0, 0.1) is 0 Å². The van der Waals surface area contributed by atoms with Gasteiger partial charge in [0.15, 0.2) is 0 Å². The summed E-state index contributed by atoms with van der Waals surface area (Å²) in [6, 6.07) is 12.7. The van der Waals surface area contributed by atoms with E-state index in [9.17, 15) is 4.79 Å². The first-order valence-electron chi connectivity index (χ1n) is 7.26. The van der Waals surface area contributed by atoms with Gasteiger partial charge in [-0.3, -0.25) is 4.79 Å². The summed E-state index contributed by atoms with van der Waals surface area (Å²) >= 11 is 11.9. The largest absolute Gasteiger partial charge is 0.496 e. The predicted molar refractivity (Wildman–Crippen MR) is 94.3 cm³/mol. The molecule has 0 spiro atoms. The summed E-state index contributed by atoms with van der Waals surface area (Å²) in [6.07, 6.45) is 0.234. The van der Waals surface area contributed by atoms with Crippen LogP contribution in [0.3, 0.4) is 0 Å². The molecule has 0 fully saturated rings. The summed E-state index contributed by atoms with van der Waals surface area (Å²) in [4.78, 5) is 14.3. The number of carbonyl (C=O) groups is 1. The SMILES string of the molecule is COc1ccc(Cl)cc1CC(=O)N(C)C(C)c1ccc(Cl)cc1. The zero-order valence-corrected chi connectivity index (χ0v) is 14.9. The Morgan fingerprint density at radius 3 is 2.35 bits per heavy atom. The predicted octanol–water partition coefficient (Wildman–Crippen LogP) is 4.76. The molecule has 122 valence electrons. The molecule has 23 heavy (non-hydrogen) atoms. The van der Waals surface area contributed by atoms with Crippen molar-refractivity contribution in [2.45, 2.75) is 19.4 Å². The Kier molecular flexibility index (Phi) is 5.91. The van der Waals surface area contributed by atoms with Gasteiger partial charge in [0.25, 0.3) is 0 Å². The van der Waals surface area contributed by atoms with E-state index in [1.54, 1.807) is 37.3 Å². The Bertz CT molecular complexity index is 686. The lowest BCUT2D eigenvalue weighted by Gasteiger charge is -2.26. The monoisotopic (exact) mass is 351 g/mol. The molecule has 0 N–H and O–H groups in total. The van der Waals surface area contributed by atoms with E-state index in [4.69, 9.17) is 27.9 Å². The average Bonchev–Trinajstić information content (AvgIpc) is 2.54. The lowest BCUT2D eigenvalue weighted by atomic mass is 10.1. The van der Waals surface area contributed by atoms with Gasteiger partial charge in [0.2, 0.25) is 5.91 Å². The summed E-state index contributed by atoms with van der Waals surface area (Å²) in [5, 5.41) is 1.26. The van der Waals surface area contributed by atoms with Crippen LogP contribution >= 0.6 is 23.2 Å². The van der Waals surface area contributed by atoms with Crippen molar-refractivity contribution in [3.8, 4) is 5.75 Å². The maximum atomic E-state index is 12.6. The number of ether oxygens (including phenoxy) is 1. The number of likely N-dealkylation sites (N-methyl/N-ethyl adjacent to an activating group) is 1. The van der Waals surface area contributed by atoms with E-state index in [1.165, 1.54) is 0 Å². The minimum Gasteiger partial charge on any atom is -0.496 e. The van der Waals surface area contributed by atoms with Crippen molar-refractivity contribution in [3.63, 3.8) is 0 Å². The molecule has 2 aromatic rings. The van der Waals surface area contributed by atoms with E-state index >= 15 is 0 Å². The highest BCUT2D eigenvalue weighted by atomic mass is 35.5. The molecule has 0 aliphatic heterocycles. The zero-order chi connectivity index (χ0) is 17.0. The molecule has 0 radical (unpaired) electrons. The van der Waals surface area contributed by atoms with Gasteiger partial charge in [-0.2, -0.15) is 0 Å². The van der Waals surface area contributed by atoms with Gasteiger partial charge < -0.3 is 9.64 Å². The summed E-state index contributed by atoms with van der Waals surface area (Å²) in [5.41, 5.74) is 1.81. The summed E-state index contributed by atoms with van der Waals surface area (Å²) < 4.78 is 5.30. The molecule has 5 heteroatoms. The number of nitrogens with zero attached hydrogens (tertiary/aromatic N) is 1. The van der Waals surface area contributed by atoms with Gasteiger partial charge in [-0.25, -0.2) is 0 Å². The minimum atomic E-state index is -0.0510. The van der Waals surface area contributed by atoms with Crippen molar-refractivity contribution in [3.05, 3.63) is 63.6 Å². The molecule has 1 unspecified atom stereocenters. The topological polar surface area (TPSA) is 29.5 Å². The third-order valence-electron chi connectivity index (χ3n) is 3.91. The van der Waals surface area contributed by atoms with Gasteiger partial charge in [0.1, 0.15) is 5.75 Å². The van der Waals surface area contributed by atoms with Crippen LogP contribution in [0.2, 0.25) is 10.0 Å². The van der Waals surface area contributed by atoms with Gasteiger partial charge >= 0.3 is 0 Å². The Balaban J connectivity index is 2.13. The highest BCUT2D eigenvalue weighted by molar-refractivity contribution is 6.30. The van der Waals surface area contributed by atoms with Crippen LogP contribution in [0.5, 0.6) is 5.75 Å². The number of amides is 1. The first-order chi connectivity index (χ1) is 10.9. The second-order valence-corrected chi connectivity index (χ2v) is 6.24. The molecule has 0 bridgehead atoms. The summed E-state index contributed by atoms with van der Waals surface area (Å²) in [7, 11) is 3.37. The van der Waals surface area contributed by atoms with Crippen molar-refractivity contribution >= 4 is 29.1 Å². The van der Waals surface area contributed by atoms with Gasteiger partial charge in [-0.1, -0.05) is 35.3 Å². The van der Waals surface area contributed by atoms with Gasteiger partial charge in [-0.05, 0) is 42.8 Å². The molecule has 0 heterocycles.